The summed E-state index contributed by atoms with van der Waals surface area (Å²) >= 11 is 0. The lowest BCUT2D eigenvalue weighted by atomic mass is 10.1. The maximum absolute atomic E-state index is 4.19. The summed E-state index contributed by atoms with van der Waals surface area (Å²) in [4.78, 5) is 0. The third-order valence-electron chi connectivity index (χ3n) is 3.22. The molecule has 0 aliphatic heterocycles. The molecule has 0 fully saturated rings. The van der Waals surface area contributed by atoms with Crippen molar-refractivity contribution in [2.75, 3.05) is 5.32 Å². The van der Waals surface area contributed by atoms with E-state index in [-0.39, 0.29) is 0 Å². The van der Waals surface area contributed by atoms with Gasteiger partial charge in [-0.25, -0.2) is 0 Å². The topological polar surface area (TPSA) is 95.2 Å². The highest BCUT2D eigenvalue weighted by molar-refractivity contribution is 5.61. The number of tetrazole rings is 1. The van der Waals surface area contributed by atoms with E-state index in [0.29, 0.717) is 5.82 Å². The van der Waals surface area contributed by atoms with E-state index in [1.807, 2.05) is 38.1 Å². The Balaban J connectivity index is 1.77. The van der Waals surface area contributed by atoms with Gasteiger partial charge in [0, 0.05) is 29.1 Å². The summed E-state index contributed by atoms with van der Waals surface area (Å²) in [5.41, 5.74) is 5.22. The number of H-pyrrole nitrogens is 2. The number of anilines is 1. The zero-order valence-electron chi connectivity index (χ0n) is 11.3. The van der Waals surface area contributed by atoms with Gasteiger partial charge in [-0.3, -0.25) is 5.10 Å². The normalized spacial score (nSPS) is 10.7. The number of rotatable bonds is 4. The van der Waals surface area contributed by atoms with Crippen molar-refractivity contribution in [2.45, 2.75) is 20.4 Å². The smallest absolute Gasteiger partial charge is 0.204 e. The Morgan fingerprint density at radius 3 is 2.80 bits per heavy atom. The van der Waals surface area contributed by atoms with Gasteiger partial charge in [-0.15, -0.1) is 10.2 Å². The minimum Gasteiger partial charge on any atom is -0.381 e. The van der Waals surface area contributed by atoms with Crippen molar-refractivity contribution in [3.63, 3.8) is 0 Å². The van der Waals surface area contributed by atoms with Crippen LogP contribution in [0.1, 0.15) is 17.0 Å². The van der Waals surface area contributed by atoms with Gasteiger partial charge in [0.25, 0.3) is 0 Å². The number of nitrogens with zero attached hydrogens (tertiary/aromatic N) is 4. The fourth-order valence-corrected chi connectivity index (χ4v) is 2.08. The molecule has 20 heavy (non-hydrogen) atoms. The second-order valence-electron chi connectivity index (χ2n) is 4.58. The van der Waals surface area contributed by atoms with Crippen LogP contribution in [0.3, 0.4) is 0 Å². The average molecular weight is 269 g/mol. The van der Waals surface area contributed by atoms with Gasteiger partial charge < -0.3 is 5.32 Å². The molecule has 7 nitrogen and oxygen atoms in total. The lowest BCUT2D eigenvalue weighted by Gasteiger charge is -2.07. The van der Waals surface area contributed by atoms with Crippen LogP contribution in [0.5, 0.6) is 0 Å². The van der Waals surface area contributed by atoms with E-state index in [0.717, 1.165) is 29.2 Å². The van der Waals surface area contributed by atoms with E-state index in [1.54, 1.807) is 0 Å². The van der Waals surface area contributed by atoms with Crippen LogP contribution in [0.15, 0.2) is 24.3 Å². The average Bonchev–Trinajstić information content (AvgIpc) is 3.09. The van der Waals surface area contributed by atoms with E-state index in [2.05, 4.69) is 36.1 Å². The maximum atomic E-state index is 4.19. The van der Waals surface area contributed by atoms with Gasteiger partial charge in [0.05, 0.1) is 5.69 Å². The van der Waals surface area contributed by atoms with Crippen molar-refractivity contribution >= 4 is 5.69 Å². The van der Waals surface area contributed by atoms with Crippen molar-refractivity contribution < 1.29 is 0 Å². The van der Waals surface area contributed by atoms with Crippen LogP contribution < -0.4 is 5.32 Å². The molecule has 2 heterocycles. The van der Waals surface area contributed by atoms with Crippen LogP contribution in [0.25, 0.3) is 11.4 Å². The van der Waals surface area contributed by atoms with Gasteiger partial charge in [0.2, 0.25) is 5.82 Å². The van der Waals surface area contributed by atoms with Crippen LogP contribution in [0.4, 0.5) is 5.69 Å². The molecule has 0 aliphatic carbocycles. The number of aromatic amines is 2. The first-order valence-electron chi connectivity index (χ1n) is 6.32. The minimum atomic E-state index is 0.587. The van der Waals surface area contributed by atoms with Crippen molar-refractivity contribution in [1.82, 2.24) is 30.8 Å². The molecule has 0 unspecified atom stereocenters. The number of hydrogen-bond acceptors (Lipinski definition) is 5. The number of benzene rings is 1. The van der Waals surface area contributed by atoms with Crippen molar-refractivity contribution in [3.05, 3.63) is 41.2 Å². The van der Waals surface area contributed by atoms with Gasteiger partial charge in [0.15, 0.2) is 0 Å². The Kier molecular flexibility index (Phi) is 3.16. The molecule has 0 saturated carbocycles. The number of hydrogen-bond donors (Lipinski definition) is 3. The molecule has 0 radical (unpaired) electrons. The molecule has 2 aromatic heterocycles. The number of nitrogens with one attached hydrogen (secondary N) is 3. The summed E-state index contributed by atoms with van der Waals surface area (Å²) in [6.45, 7) is 4.74. The van der Waals surface area contributed by atoms with E-state index < -0.39 is 0 Å². The minimum absolute atomic E-state index is 0.587. The first kappa shape index (κ1) is 12.3. The summed E-state index contributed by atoms with van der Waals surface area (Å²) in [6, 6.07) is 7.91. The van der Waals surface area contributed by atoms with Gasteiger partial charge in [-0.1, -0.05) is 12.1 Å². The summed E-state index contributed by atoms with van der Waals surface area (Å²) in [5, 5.41) is 24.5. The molecule has 0 saturated heterocycles. The van der Waals surface area contributed by atoms with E-state index in [1.165, 1.54) is 5.56 Å². The molecule has 1 aromatic carbocycles. The van der Waals surface area contributed by atoms with Crippen molar-refractivity contribution in [2.24, 2.45) is 0 Å². The zero-order chi connectivity index (χ0) is 13.9. The highest BCUT2D eigenvalue weighted by atomic mass is 15.5. The SMILES string of the molecule is Cc1n[nH]c(C)c1CNc1cccc(-c2nn[nH]n2)c1. The second-order valence-corrected chi connectivity index (χ2v) is 4.58. The summed E-state index contributed by atoms with van der Waals surface area (Å²) in [5.74, 6) is 0.587. The van der Waals surface area contributed by atoms with Gasteiger partial charge in [-0.05, 0) is 31.2 Å². The molecule has 0 spiro atoms. The largest absolute Gasteiger partial charge is 0.381 e. The maximum Gasteiger partial charge on any atom is 0.204 e. The highest BCUT2D eigenvalue weighted by Crippen LogP contribution is 2.19. The lowest BCUT2D eigenvalue weighted by Crippen LogP contribution is -2.01. The predicted molar refractivity (Wildman–Crippen MR) is 75.0 cm³/mol. The molecule has 3 rings (SSSR count). The van der Waals surface area contributed by atoms with Crippen LogP contribution >= 0.6 is 0 Å². The lowest BCUT2D eigenvalue weighted by molar-refractivity contribution is 0.881. The van der Waals surface area contributed by atoms with Gasteiger partial charge in [-0.2, -0.15) is 10.3 Å². The number of aryl methyl sites for hydroxylation is 2. The molecule has 7 heteroatoms. The first-order chi connectivity index (χ1) is 9.74. The van der Waals surface area contributed by atoms with Crippen molar-refractivity contribution in [3.8, 4) is 11.4 Å². The fraction of sp³-hybridized carbons (Fsp3) is 0.231. The Labute approximate surface area is 115 Å². The molecule has 0 amide bonds. The molecular formula is C13H15N7. The Hall–Kier alpha value is -2.70. The summed E-state index contributed by atoms with van der Waals surface area (Å²) in [6.07, 6.45) is 0. The van der Waals surface area contributed by atoms with Crippen LogP contribution in [0, 0.1) is 13.8 Å². The molecule has 0 bridgehead atoms. The highest BCUT2D eigenvalue weighted by Gasteiger charge is 2.07. The molecule has 0 atom stereocenters. The van der Waals surface area contributed by atoms with Gasteiger partial charge in [0.1, 0.15) is 0 Å². The van der Waals surface area contributed by atoms with E-state index >= 15 is 0 Å². The summed E-state index contributed by atoms with van der Waals surface area (Å²) in [7, 11) is 0. The summed E-state index contributed by atoms with van der Waals surface area (Å²) < 4.78 is 0. The molecular weight excluding hydrogens is 254 g/mol. The Morgan fingerprint density at radius 2 is 2.10 bits per heavy atom. The van der Waals surface area contributed by atoms with Crippen LogP contribution in [-0.2, 0) is 6.54 Å². The van der Waals surface area contributed by atoms with Gasteiger partial charge >= 0.3 is 0 Å². The monoisotopic (exact) mass is 269 g/mol. The van der Waals surface area contributed by atoms with Crippen molar-refractivity contribution in [1.29, 1.82) is 0 Å². The van der Waals surface area contributed by atoms with Crippen LogP contribution in [0.2, 0.25) is 0 Å². The molecule has 102 valence electrons. The number of aromatic nitrogens is 6. The standard InChI is InChI=1S/C13H15N7/c1-8-12(9(2)16-15-8)7-14-11-5-3-4-10(6-11)13-17-19-20-18-13/h3-6,14H,7H2,1-2H3,(H,15,16)(H,17,18,19,20). The predicted octanol–water partition coefficient (Wildman–Crippen LogP) is 1.82. The quantitative estimate of drug-likeness (QED) is 0.671. The first-order valence-corrected chi connectivity index (χ1v) is 6.32. The van der Waals surface area contributed by atoms with E-state index in [4.69, 9.17) is 0 Å². The molecule has 0 aliphatic rings. The molecule has 3 aromatic rings. The Bertz CT molecular complexity index is 680. The fourth-order valence-electron chi connectivity index (χ4n) is 2.08. The zero-order valence-corrected chi connectivity index (χ0v) is 11.3. The van der Waals surface area contributed by atoms with Crippen LogP contribution in [-0.4, -0.2) is 30.8 Å². The molecule has 3 N–H and O–H groups in total. The van der Waals surface area contributed by atoms with E-state index in [9.17, 15) is 0 Å². The Morgan fingerprint density at radius 1 is 1.20 bits per heavy atom. The third-order valence-corrected chi connectivity index (χ3v) is 3.22. The third kappa shape index (κ3) is 2.37. The second kappa shape index (κ2) is 5.12.